The molecule has 1 aliphatic rings. The zero-order valence-electron chi connectivity index (χ0n) is 9.23. The van der Waals surface area contributed by atoms with Crippen LogP contribution in [-0.4, -0.2) is 15.7 Å². The van der Waals surface area contributed by atoms with Gasteiger partial charge in [-0.3, -0.25) is 0 Å². The Bertz CT molecular complexity index is 692. The minimum absolute atomic E-state index is 0.755. The minimum atomic E-state index is -1.90. The van der Waals surface area contributed by atoms with E-state index in [-0.39, 0.29) is 0 Å². The highest BCUT2D eigenvalue weighted by atomic mass is 79.9. The maximum Gasteiger partial charge on any atom is 0.0736 e. The predicted molar refractivity (Wildman–Crippen MR) is 76.2 cm³/mol. The van der Waals surface area contributed by atoms with Gasteiger partial charge in [-0.15, -0.1) is 0 Å². The summed E-state index contributed by atoms with van der Waals surface area (Å²) in [5.41, 5.74) is 0.838. The fraction of sp³-hybridized carbons (Fsp3) is 0.231. The van der Waals surface area contributed by atoms with E-state index in [2.05, 4.69) is 26.4 Å². The standard InChI is InChI=1S/C13H12BrNOS/c14-12-4-2-11-9-13(5-3-10(11)8-12)15-17(16)6-1-7-17/h2-5,8-9H,1,6-7H2. The van der Waals surface area contributed by atoms with Crippen LogP contribution in [-0.2, 0) is 9.73 Å². The van der Waals surface area contributed by atoms with Crippen molar-refractivity contribution in [3.63, 3.8) is 0 Å². The Morgan fingerprint density at radius 1 is 1.06 bits per heavy atom. The summed E-state index contributed by atoms with van der Waals surface area (Å²) in [4.78, 5) is 0. The normalized spacial score (nSPS) is 17.7. The molecule has 0 amide bonds. The van der Waals surface area contributed by atoms with Gasteiger partial charge in [0.25, 0.3) is 0 Å². The second-order valence-corrected chi connectivity index (χ2v) is 7.76. The Kier molecular flexibility index (Phi) is 2.71. The fourth-order valence-corrected chi connectivity index (χ4v) is 3.78. The number of hydrogen-bond donors (Lipinski definition) is 0. The van der Waals surface area contributed by atoms with Gasteiger partial charge in [0.2, 0.25) is 0 Å². The molecule has 1 heterocycles. The third kappa shape index (κ3) is 2.24. The molecule has 1 saturated heterocycles. The summed E-state index contributed by atoms with van der Waals surface area (Å²) in [6.07, 6.45) is 1.04. The van der Waals surface area contributed by atoms with Gasteiger partial charge in [0.05, 0.1) is 15.4 Å². The van der Waals surface area contributed by atoms with Crippen molar-refractivity contribution in [1.29, 1.82) is 0 Å². The number of hydrogen-bond acceptors (Lipinski definition) is 2. The molecule has 88 valence electrons. The lowest BCUT2D eigenvalue weighted by Crippen LogP contribution is -2.22. The number of rotatable bonds is 1. The molecule has 2 aromatic rings. The van der Waals surface area contributed by atoms with Crippen LogP contribution in [0.15, 0.2) is 45.2 Å². The van der Waals surface area contributed by atoms with Crippen LogP contribution in [0.2, 0.25) is 0 Å². The van der Waals surface area contributed by atoms with Crippen LogP contribution in [0.3, 0.4) is 0 Å². The molecule has 0 bridgehead atoms. The molecule has 0 atom stereocenters. The molecule has 0 spiro atoms. The second-order valence-electron chi connectivity index (χ2n) is 4.30. The van der Waals surface area contributed by atoms with E-state index in [0.29, 0.717) is 0 Å². The number of nitrogens with zero attached hydrogens (tertiary/aromatic N) is 1. The molecule has 0 aliphatic carbocycles. The summed E-state index contributed by atoms with van der Waals surface area (Å²) in [6, 6.07) is 12.1. The van der Waals surface area contributed by atoms with E-state index in [1.807, 2.05) is 30.3 Å². The molecule has 0 N–H and O–H groups in total. The molecule has 3 rings (SSSR count). The number of halogens is 1. The summed E-state index contributed by atoms with van der Waals surface area (Å²) in [7, 11) is -1.90. The van der Waals surface area contributed by atoms with Crippen molar-refractivity contribution < 1.29 is 4.21 Å². The second kappa shape index (κ2) is 4.10. The van der Waals surface area contributed by atoms with E-state index in [4.69, 9.17) is 0 Å². The van der Waals surface area contributed by atoms with Gasteiger partial charge in [0, 0.05) is 16.0 Å². The first-order chi connectivity index (χ1) is 8.15. The van der Waals surface area contributed by atoms with Crippen LogP contribution in [0, 0.1) is 0 Å². The fourth-order valence-electron chi connectivity index (χ4n) is 1.94. The van der Waals surface area contributed by atoms with Crippen molar-refractivity contribution in [2.24, 2.45) is 4.36 Å². The van der Waals surface area contributed by atoms with Gasteiger partial charge in [-0.2, -0.15) is 4.36 Å². The maximum atomic E-state index is 12.0. The molecule has 17 heavy (non-hydrogen) atoms. The third-order valence-electron chi connectivity index (χ3n) is 2.98. The number of benzene rings is 2. The van der Waals surface area contributed by atoms with Crippen molar-refractivity contribution in [3.8, 4) is 0 Å². The van der Waals surface area contributed by atoms with Crippen molar-refractivity contribution in [3.05, 3.63) is 40.9 Å². The van der Waals surface area contributed by atoms with Gasteiger partial charge in [-0.05, 0) is 41.5 Å². The summed E-state index contributed by atoms with van der Waals surface area (Å²) in [5.74, 6) is 1.51. The van der Waals surface area contributed by atoms with Crippen LogP contribution in [0.5, 0.6) is 0 Å². The van der Waals surface area contributed by atoms with E-state index in [1.165, 1.54) is 5.39 Å². The minimum Gasteiger partial charge on any atom is -0.249 e. The Hall–Kier alpha value is -0.870. The lowest BCUT2D eigenvalue weighted by Gasteiger charge is -2.17. The monoisotopic (exact) mass is 309 g/mol. The first-order valence-electron chi connectivity index (χ1n) is 5.57. The molecule has 0 radical (unpaired) electrons. The van der Waals surface area contributed by atoms with Crippen LogP contribution in [0.1, 0.15) is 6.42 Å². The van der Waals surface area contributed by atoms with Gasteiger partial charge in [-0.1, -0.05) is 28.1 Å². The quantitative estimate of drug-likeness (QED) is 0.779. The van der Waals surface area contributed by atoms with Crippen LogP contribution < -0.4 is 0 Å². The number of fused-ring (bicyclic) bond motifs is 1. The Morgan fingerprint density at radius 3 is 2.47 bits per heavy atom. The van der Waals surface area contributed by atoms with Crippen molar-refractivity contribution >= 4 is 42.1 Å². The first kappa shape index (κ1) is 11.2. The van der Waals surface area contributed by atoms with Gasteiger partial charge in [-0.25, -0.2) is 4.21 Å². The highest BCUT2D eigenvalue weighted by molar-refractivity contribution is 9.10. The maximum absolute atomic E-state index is 12.0. The van der Waals surface area contributed by atoms with Crippen molar-refractivity contribution in [1.82, 2.24) is 0 Å². The molecular formula is C13H12BrNOS. The average Bonchev–Trinajstić information content (AvgIpc) is 2.27. The molecule has 4 heteroatoms. The third-order valence-corrected chi connectivity index (χ3v) is 5.87. The Balaban J connectivity index is 2.11. The van der Waals surface area contributed by atoms with E-state index >= 15 is 0 Å². The van der Waals surface area contributed by atoms with E-state index in [9.17, 15) is 4.21 Å². The van der Waals surface area contributed by atoms with E-state index in [0.717, 1.165) is 33.5 Å². The summed E-state index contributed by atoms with van der Waals surface area (Å²) in [5, 5.41) is 2.30. The summed E-state index contributed by atoms with van der Waals surface area (Å²) < 4.78 is 17.5. The topological polar surface area (TPSA) is 29.4 Å². The molecule has 2 aromatic carbocycles. The van der Waals surface area contributed by atoms with Crippen LogP contribution in [0.25, 0.3) is 10.8 Å². The van der Waals surface area contributed by atoms with Crippen LogP contribution in [0.4, 0.5) is 5.69 Å². The SMILES string of the molecule is O=S1(=Nc2ccc3cc(Br)ccc3c2)CCC1. The lowest BCUT2D eigenvalue weighted by molar-refractivity contribution is 0.663. The Morgan fingerprint density at radius 2 is 1.76 bits per heavy atom. The highest BCUT2D eigenvalue weighted by Crippen LogP contribution is 2.27. The van der Waals surface area contributed by atoms with Gasteiger partial charge in [0.1, 0.15) is 0 Å². The molecular weight excluding hydrogens is 298 g/mol. The smallest absolute Gasteiger partial charge is 0.0736 e. The zero-order chi connectivity index (χ0) is 11.9. The summed E-state index contributed by atoms with van der Waals surface area (Å²) in [6.45, 7) is 0. The summed E-state index contributed by atoms with van der Waals surface area (Å²) >= 11 is 3.45. The molecule has 0 unspecified atom stereocenters. The predicted octanol–water partition coefficient (Wildman–Crippen LogP) is 4.11. The van der Waals surface area contributed by atoms with Crippen molar-refractivity contribution in [2.45, 2.75) is 6.42 Å². The zero-order valence-corrected chi connectivity index (χ0v) is 11.6. The van der Waals surface area contributed by atoms with Crippen molar-refractivity contribution in [2.75, 3.05) is 11.5 Å². The van der Waals surface area contributed by atoms with Gasteiger partial charge >= 0.3 is 0 Å². The average molecular weight is 310 g/mol. The van der Waals surface area contributed by atoms with Gasteiger partial charge < -0.3 is 0 Å². The molecule has 1 fully saturated rings. The highest BCUT2D eigenvalue weighted by Gasteiger charge is 2.18. The van der Waals surface area contributed by atoms with E-state index < -0.39 is 9.73 Å². The molecule has 0 saturated carbocycles. The molecule has 2 nitrogen and oxygen atoms in total. The molecule has 0 aromatic heterocycles. The Labute approximate surface area is 109 Å². The molecule has 1 aliphatic heterocycles. The van der Waals surface area contributed by atoms with Crippen LogP contribution >= 0.6 is 15.9 Å². The largest absolute Gasteiger partial charge is 0.249 e. The van der Waals surface area contributed by atoms with Gasteiger partial charge in [0.15, 0.2) is 0 Å². The lowest BCUT2D eigenvalue weighted by atomic mass is 10.1. The first-order valence-corrected chi connectivity index (χ1v) is 8.21. The van der Waals surface area contributed by atoms with E-state index in [1.54, 1.807) is 0 Å².